The predicted octanol–water partition coefficient (Wildman–Crippen LogP) is 2.25. The van der Waals surface area contributed by atoms with E-state index in [-0.39, 0.29) is 6.54 Å². The van der Waals surface area contributed by atoms with Gasteiger partial charge < -0.3 is 10.2 Å². The van der Waals surface area contributed by atoms with Gasteiger partial charge in [0, 0.05) is 13.1 Å². The Morgan fingerprint density at radius 3 is 2.30 bits per heavy atom. The molecule has 2 fully saturated rings. The minimum atomic E-state index is -4.34. The molecule has 0 aromatic carbocycles. The van der Waals surface area contributed by atoms with E-state index in [0.717, 1.165) is 45.6 Å². The standard InChI is InChI=1S/C16H28F3N3O/c17-16(18,19)13-20-15(23)12-22-9-5-6-14(11-22)10-21-7-3-1-2-4-8-21/h14H,1-13H2,(H,20,23). The maximum absolute atomic E-state index is 12.1. The van der Waals surface area contributed by atoms with Crippen LogP contribution in [0.2, 0.25) is 0 Å². The Bertz CT molecular complexity index is 368. The SMILES string of the molecule is O=C(CN1CCCC(CN2CCCCCC2)C1)NCC(F)(F)F. The largest absolute Gasteiger partial charge is 0.405 e. The molecule has 0 spiro atoms. The average molecular weight is 335 g/mol. The number of rotatable bonds is 5. The van der Waals surface area contributed by atoms with Crippen LogP contribution in [-0.2, 0) is 4.79 Å². The summed E-state index contributed by atoms with van der Waals surface area (Å²) in [5, 5.41) is 1.96. The van der Waals surface area contributed by atoms with E-state index in [1.54, 1.807) is 0 Å². The molecule has 0 saturated carbocycles. The van der Waals surface area contributed by atoms with Gasteiger partial charge in [-0.15, -0.1) is 0 Å². The van der Waals surface area contributed by atoms with E-state index < -0.39 is 18.6 Å². The molecule has 1 N–H and O–H groups in total. The molecular weight excluding hydrogens is 307 g/mol. The molecule has 0 radical (unpaired) electrons. The Morgan fingerprint density at radius 2 is 1.65 bits per heavy atom. The van der Waals surface area contributed by atoms with Gasteiger partial charge in [-0.1, -0.05) is 12.8 Å². The number of piperidine rings is 1. The minimum Gasteiger partial charge on any atom is -0.346 e. The number of nitrogens with one attached hydrogen (secondary N) is 1. The second-order valence-corrected chi connectivity index (χ2v) is 6.85. The summed E-state index contributed by atoms with van der Waals surface area (Å²) in [6.07, 6.45) is 2.97. The number of nitrogens with zero attached hydrogens (tertiary/aromatic N) is 2. The molecule has 2 heterocycles. The monoisotopic (exact) mass is 335 g/mol. The van der Waals surface area contributed by atoms with Gasteiger partial charge in [0.25, 0.3) is 0 Å². The third-order valence-corrected chi connectivity index (χ3v) is 4.67. The maximum atomic E-state index is 12.1. The van der Waals surface area contributed by atoms with Crippen LogP contribution in [-0.4, -0.2) is 67.7 Å². The van der Waals surface area contributed by atoms with Crippen LogP contribution in [0.15, 0.2) is 0 Å². The highest BCUT2D eigenvalue weighted by Gasteiger charge is 2.29. The van der Waals surface area contributed by atoms with Gasteiger partial charge in [-0.2, -0.15) is 13.2 Å². The second kappa shape index (κ2) is 8.87. The number of hydrogen-bond acceptors (Lipinski definition) is 3. The molecule has 0 aromatic heterocycles. The molecule has 1 amide bonds. The van der Waals surface area contributed by atoms with Crippen molar-refractivity contribution < 1.29 is 18.0 Å². The molecule has 0 aliphatic carbocycles. The first kappa shape index (κ1) is 18.5. The van der Waals surface area contributed by atoms with E-state index in [9.17, 15) is 18.0 Å². The van der Waals surface area contributed by atoms with Crippen LogP contribution in [0.5, 0.6) is 0 Å². The molecular formula is C16H28F3N3O. The molecule has 0 aromatic rings. The van der Waals surface area contributed by atoms with Crippen molar-refractivity contribution in [1.29, 1.82) is 0 Å². The summed E-state index contributed by atoms with van der Waals surface area (Å²) in [6.45, 7) is 3.82. The van der Waals surface area contributed by atoms with Crippen molar-refractivity contribution >= 4 is 5.91 Å². The summed E-state index contributed by atoms with van der Waals surface area (Å²) in [5.74, 6) is -0.00462. The van der Waals surface area contributed by atoms with Crippen LogP contribution in [0, 0.1) is 5.92 Å². The van der Waals surface area contributed by atoms with Crippen LogP contribution in [0.25, 0.3) is 0 Å². The van der Waals surface area contributed by atoms with Crippen molar-refractivity contribution in [2.24, 2.45) is 5.92 Å². The zero-order valence-corrected chi connectivity index (χ0v) is 13.7. The topological polar surface area (TPSA) is 35.6 Å². The summed E-state index contributed by atoms with van der Waals surface area (Å²) in [5.41, 5.74) is 0. The Hall–Kier alpha value is -0.820. The Morgan fingerprint density at radius 1 is 1.00 bits per heavy atom. The number of amides is 1. The third-order valence-electron chi connectivity index (χ3n) is 4.67. The molecule has 4 nitrogen and oxygen atoms in total. The quantitative estimate of drug-likeness (QED) is 0.837. The number of alkyl halides is 3. The molecule has 134 valence electrons. The normalized spacial score (nSPS) is 25.1. The first-order valence-corrected chi connectivity index (χ1v) is 8.70. The fourth-order valence-electron chi connectivity index (χ4n) is 3.59. The van der Waals surface area contributed by atoms with Crippen molar-refractivity contribution in [2.45, 2.75) is 44.7 Å². The van der Waals surface area contributed by atoms with Crippen molar-refractivity contribution in [3.63, 3.8) is 0 Å². The van der Waals surface area contributed by atoms with Crippen LogP contribution in [0.3, 0.4) is 0 Å². The molecule has 1 atom stereocenters. The van der Waals surface area contributed by atoms with E-state index in [1.807, 2.05) is 10.2 Å². The highest BCUT2D eigenvalue weighted by molar-refractivity contribution is 5.78. The van der Waals surface area contributed by atoms with E-state index in [0.29, 0.717) is 5.92 Å². The van der Waals surface area contributed by atoms with Crippen molar-refractivity contribution in [3.8, 4) is 0 Å². The molecule has 2 aliphatic heterocycles. The van der Waals surface area contributed by atoms with Gasteiger partial charge in [-0.3, -0.25) is 9.69 Å². The van der Waals surface area contributed by atoms with Crippen molar-refractivity contribution in [1.82, 2.24) is 15.1 Å². The second-order valence-electron chi connectivity index (χ2n) is 6.85. The Kier molecular flexibility index (Phi) is 7.14. The summed E-state index contributed by atoms with van der Waals surface area (Å²) < 4.78 is 36.3. The third kappa shape index (κ3) is 7.52. The molecule has 23 heavy (non-hydrogen) atoms. The van der Waals surface area contributed by atoms with E-state index >= 15 is 0 Å². The van der Waals surface area contributed by atoms with Gasteiger partial charge in [0.05, 0.1) is 6.54 Å². The number of carbonyl (C=O) groups excluding carboxylic acids is 1. The number of hydrogen-bond donors (Lipinski definition) is 1. The molecule has 1 unspecified atom stereocenters. The lowest BCUT2D eigenvalue weighted by Gasteiger charge is -2.35. The summed E-state index contributed by atoms with van der Waals surface area (Å²) >= 11 is 0. The van der Waals surface area contributed by atoms with Gasteiger partial charge in [0.1, 0.15) is 6.54 Å². The maximum Gasteiger partial charge on any atom is 0.405 e. The highest BCUT2D eigenvalue weighted by Crippen LogP contribution is 2.19. The van der Waals surface area contributed by atoms with Gasteiger partial charge in [-0.25, -0.2) is 0 Å². The van der Waals surface area contributed by atoms with Gasteiger partial charge in [0.2, 0.25) is 5.91 Å². The Labute approximate surface area is 136 Å². The lowest BCUT2D eigenvalue weighted by Crippen LogP contribution is -2.46. The number of likely N-dealkylation sites (tertiary alicyclic amines) is 2. The summed E-state index contributed by atoms with van der Waals surface area (Å²) in [6, 6.07) is 0. The van der Waals surface area contributed by atoms with Crippen LogP contribution < -0.4 is 5.32 Å². The highest BCUT2D eigenvalue weighted by atomic mass is 19.4. The van der Waals surface area contributed by atoms with Crippen LogP contribution >= 0.6 is 0 Å². The smallest absolute Gasteiger partial charge is 0.346 e. The summed E-state index contributed by atoms with van der Waals surface area (Å²) in [7, 11) is 0. The molecule has 2 aliphatic rings. The van der Waals surface area contributed by atoms with Crippen LogP contribution in [0.4, 0.5) is 13.2 Å². The first-order chi connectivity index (χ1) is 10.9. The fraction of sp³-hybridized carbons (Fsp3) is 0.938. The predicted molar refractivity (Wildman–Crippen MR) is 83.1 cm³/mol. The number of halogens is 3. The zero-order valence-electron chi connectivity index (χ0n) is 13.7. The molecule has 7 heteroatoms. The molecule has 2 saturated heterocycles. The van der Waals surface area contributed by atoms with Gasteiger partial charge in [-0.05, 0) is 51.2 Å². The fourth-order valence-corrected chi connectivity index (χ4v) is 3.59. The average Bonchev–Trinajstić information content (AvgIpc) is 2.73. The van der Waals surface area contributed by atoms with Crippen LogP contribution in [0.1, 0.15) is 38.5 Å². The van der Waals surface area contributed by atoms with Gasteiger partial charge >= 0.3 is 6.18 Å². The van der Waals surface area contributed by atoms with E-state index in [2.05, 4.69) is 4.90 Å². The van der Waals surface area contributed by atoms with E-state index in [1.165, 1.54) is 25.7 Å². The first-order valence-electron chi connectivity index (χ1n) is 8.70. The minimum absolute atomic E-state index is 0.0760. The lowest BCUT2D eigenvalue weighted by atomic mass is 9.97. The number of carbonyl (C=O) groups is 1. The summed E-state index contributed by atoms with van der Waals surface area (Å²) in [4.78, 5) is 16.2. The Balaban J connectivity index is 1.71. The lowest BCUT2D eigenvalue weighted by molar-refractivity contribution is -0.139. The van der Waals surface area contributed by atoms with Crippen molar-refractivity contribution in [2.75, 3.05) is 45.8 Å². The van der Waals surface area contributed by atoms with E-state index in [4.69, 9.17) is 0 Å². The van der Waals surface area contributed by atoms with Crippen molar-refractivity contribution in [3.05, 3.63) is 0 Å². The molecule has 0 bridgehead atoms. The molecule has 2 rings (SSSR count). The van der Waals surface area contributed by atoms with Gasteiger partial charge in [0.15, 0.2) is 0 Å². The zero-order chi connectivity index (χ0) is 16.7.